The number of hydrogen-bond donors (Lipinski definition) is 1. The van der Waals surface area contributed by atoms with E-state index >= 15 is 0 Å². The van der Waals surface area contributed by atoms with Crippen molar-refractivity contribution in [3.63, 3.8) is 0 Å². The molecule has 0 aromatic heterocycles. The predicted molar refractivity (Wildman–Crippen MR) is 44.6 cm³/mol. The predicted octanol–water partition coefficient (Wildman–Crippen LogP) is 1.66. The minimum atomic E-state index is -2.26. The topological polar surface area (TPSA) is 21.3 Å². The van der Waals surface area contributed by atoms with Crippen molar-refractivity contribution in [1.82, 2.24) is 5.32 Å². The van der Waals surface area contributed by atoms with Gasteiger partial charge in [-0.3, -0.25) is 0 Å². The number of alkyl halides is 2. The van der Waals surface area contributed by atoms with Crippen LogP contribution in [-0.2, 0) is 4.74 Å². The standard InChI is InChI=1S/C8H17F2NO/c1-2-3-5-12-6-4-11-7-8(9)10/h8,11H,2-7H2,1H3. The van der Waals surface area contributed by atoms with Gasteiger partial charge >= 0.3 is 0 Å². The Bertz CT molecular complexity index is 91.1. The van der Waals surface area contributed by atoms with Crippen molar-refractivity contribution >= 4 is 0 Å². The first kappa shape index (κ1) is 11.8. The van der Waals surface area contributed by atoms with Crippen LogP contribution in [0.5, 0.6) is 0 Å². The van der Waals surface area contributed by atoms with Crippen molar-refractivity contribution in [3.8, 4) is 0 Å². The summed E-state index contributed by atoms with van der Waals surface area (Å²) in [7, 11) is 0. The van der Waals surface area contributed by atoms with Crippen LogP contribution >= 0.6 is 0 Å². The van der Waals surface area contributed by atoms with Gasteiger partial charge in [0.15, 0.2) is 0 Å². The zero-order chi connectivity index (χ0) is 9.23. The van der Waals surface area contributed by atoms with Crippen LogP contribution in [0, 0.1) is 0 Å². The summed E-state index contributed by atoms with van der Waals surface area (Å²) in [4.78, 5) is 0. The summed E-state index contributed by atoms with van der Waals surface area (Å²) in [5.41, 5.74) is 0. The van der Waals surface area contributed by atoms with E-state index in [1.807, 2.05) is 0 Å². The van der Waals surface area contributed by atoms with Crippen molar-refractivity contribution in [2.24, 2.45) is 0 Å². The third-order valence-electron chi connectivity index (χ3n) is 1.36. The van der Waals surface area contributed by atoms with Crippen LogP contribution in [0.4, 0.5) is 8.78 Å². The molecule has 0 aliphatic heterocycles. The smallest absolute Gasteiger partial charge is 0.250 e. The first-order valence-corrected chi connectivity index (χ1v) is 4.34. The normalized spacial score (nSPS) is 11.0. The molecule has 4 heteroatoms. The summed E-state index contributed by atoms with van der Waals surface area (Å²) in [5.74, 6) is 0. The second-order valence-corrected chi connectivity index (χ2v) is 2.56. The van der Waals surface area contributed by atoms with Gasteiger partial charge in [-0.15, -0.1) is 0 Å². The molecular formula is C8H17F2NO. The van der Waals surface area contributed by atoms with Gasteiger partial charge in [-0.05, 0) is 6.42 Å². The molecule has 0 bridgehead atoms. The molecule has 0 aromatic carbocycles. The van der Waals surface area contributed by atoms with Crippen LogP contribution in [0.25, 0.3) is 0 Å². The van der Waals surface area contributed by atoms with Gasteiger partial charge in [-0.2, -0.15) is 0 Å². The zero-order valence-corrected chi connectivity index (χ0v) is 7.48. The zero-order valence-electron chi connectivity index (χ0n) is 7.48. The number of nitrogens with one attached hydrogen (secondary N) is 1. The van der Waals surface area contributed by atoms with E-state index in [0.717, 1.165) is 19.4 Å². The first-order valence-electron chi connectivity index (χ1n) is 4.34. The summed E-state index contributed by atoms with van der Waals surface area (Å²) in [6.07, 6.45) is -0.125. The van der Waals surface area contributed by atoms with Gasteiger partial charge in [0, 0.05) is 13.2 Å². The SMILES string of the molecule is CCCCOCCNCC(F)F. The fourth-order valence-electron chi connectivity index (χ4n) is 0.704. The number of unbranched alkanes of at least 4 members (excludes halogenated alkanes) is 1. The van der Waals surface area contributed by atoms with E-state index in [2.05, 4.69) is 12.2 Å². The van der Waals surface area contributed by atoms with Gasteiger partial charge in [0.1, 0.15) is 0 Å². The Morgan fingerprint density at radius 1 is 1.33 bits per heavy atom. The molecule has 0 saturated heterocycles. The van der Waals surface area contributed by atoms with Crippen molar-refractivity contribution < 1.29 is 13.5 Å². The first-order chi connectivity index (χ1) is 5.77. The van der Waals surface area contributed by atoms with Gasteiger partial charge in [-0.1, -0.05) is 13.3 Å². The summed E-state index contributed by atoms with van der Waals surface area (Å²) in [6.45, 7) is 3.60. The molecule has 0 unspecified atom stereocenters. The van der Waals surface area contributed by atoms with E-state index in [4.69, 9.17) is 4.74 Å². The van der Waals surface area contributed by atoms with Gasteiger partial charge in [-0.25, -0.2) is 8.78 Å². The molecule has 0 rings (SSSR count). The molecular weight excluding hydrogens is 164 g/mol. The van der Waals surface area contributed by atoms with Crippen molar-refractivity contribution in [2.45, 2.75) is 26.2 Å². The van der Waals surface area contributed by atoms with Crippen molar-refractivity contribution in [2.75, 3.05) is 26.3 Å². The molecule has 12 heavy (non-hydrogen) atoms. The molecule has 2 nitrogen and oxygen atoms in total. The minimum absolute atomic E-state index is 0.239. The van der Waals surface area contributed by atoms with Crippen molar-refractivity contribution in [3.05, 3.63) is 0 Å². The lowest BCUT2D eigenvalue weighted by molar-refractivity contribution is 0.118. The molecule has 0 aromatic rings. The van der Waals surface area contributed by atoms with Gasteiger partial charge < -0.3 is 10.1 Å². The molecule has 0 spiro atoms. The molecule has 74 valence electrons. The second kappa shape index (κ2) is 8.87. The molecule has 0 aliphatic carbocycles. The third kappa shape index (κ3) is 9.78. The number of halogens is 2. The summed E-state index contributed by atoms with van der Waals surface area (Å²) >= 11 is 0. The third-order valence-corrected chi connectivity index (χ3v) is 1.36. The Labute approximate surface area is 72.3 Å². The maximum atomic E-state index is 11.6. The van der Waals surface area contributed by atoms with E-state index < -0.39 is 6.43 Å². The Hall–Kier alpha value is -0.220. The Morgan fingerprint density at radius 3 is 2.67 bits per heavy atom. The highest BCUT2D eigenvalue weighted by molar-refractivity contribution is 4.47. The Morgan fingerprint density at radius 2 is 2.08 bits per heavy atom. The van der Waals surface area contributed by atoms with Crippen LogP contribution in [0.1, 0.15) is 19.8 Å². The molecule has 0 radical (unpaired) electrons. The molecule has 0 amide bonds. The molecule has 0 atom stereocenters. The van der Waals surface area contributed by atoms with Gasteiger partial charge in [0.05, 0.1) is 13.2 Å². The van der Waals surface area contributed by atoms with Crippen LogP contribution in [0.15, 0.2) is 0 Å². The average molecular weight is 181 g/mol. The van der Waals surface area contributed by atoms with Crippen LogP contribution in [0.2, 0.25) is 0 Å². The number of hydrogen-bond acceptors (Lipinski definition) is 2. The van der Waals surface area contributed by atoms with E-state index in [0.29, 0.717) is 13.2 Å². The lowest BCUT2D eigenvalue weighted by Gasteiger charge is -2.04. The molecule has 0 aliphatic rings. The lowest BCUT2D eigenvalue weighted by Crippen LogP contribution is -2.25. The van der Waals surface area contributed by atoms with E-state index in [1.54, 1.807) is 0 Å². The highest BCUT2D eigenvalue weighted by Crippen LogP contribution is 1.88. The van der Waals surface area contributed by atoms with Crippen LogP contribution in [0.3, 0.4) is 0 Å². The van der Waals surface area contributed by atoms with E-state index in [9.17, 15) is 8.78 Å². The minimum Gasteiger partial charge on any atom is -0.380 e. The number of ether oxygens (including phenoxy) is 1. The number of rotatable bonds is 8. The van der Waals surface area contributed by atoms with Crippen molar-refractivity contribution in [1.29, 1.82) is 0 Å². The lowest BCUT2D eigenvalue weighted by atomic mass is 10.4. The van der Waals surface area contributed by atoms with Crippen LogP contribution in [-0.4, -0.2) is 32.7 Å². The molecule has 0 heterocycles. The molecule has 1 N–H and O–H groups in total. The largest absolute Gasteiger partial charge is 0.380 e. The van der Waals surface area contributed by atoms with Gasteiger partial charge in [0.2, 0.25) is 0 Å². The monoisotopic (exact) mass is 181 g/mol. The fraction of sp³-hybridized carbons (Fsp3) is 1.00. The highest BCUT2D eigenvalue weighted by atomic mass is 19.3. The van der Waals surface area contributed by atoms with Gasteiger partial charge in [0.25, 0.3) is 6.43 Å². The van der Waals surface area contributed by atoms with E-state index in [-0.39, 0.29) is 6.54 Å². The highest BCUT2D eigenvalue weighted by Gasteiger charge is 1.99. The quantitative estimate of drug-likeness (QED) is 0.575. The van der Waals surface area contributed by atoms with E-state index in [1.165, 1.54) is 0 Å². The maximum absolute atomic E-state index is 11.6. The fourth-order valence-corrected chi connectivity index (χ4v) is 0.704. The summed E-state index contributed by atoms with van der Waals surface area (Å²) in [6, 6.07) is 0. The average Bonchev–Trinajstić information content (AvgIpc) is 2.02. The Balaban J connectivity index is 2.82. The Kier molecular flexibility index (Phi) is 8.71. The summed E-state index contributed by atoms with van der Waals surface area (Å²) < 4.78 is 28.3. The summed E-state index contributed by atoms with van der Waals surface area (Å²) in [5, 5.41) is 2.59. The maximum Gasteiger partial charge on any atom is 0.250 e. The van der Waals surface area contributed by atoms with Crippen LogP contribution < -0.4 is 5.32 Å². The molecule has 0 fully saturated rings. The second-order valence-electron chi connectivity index (χ2n) is 2.56. The molecule has 0 saturated carbocycles.